The van der Waals surface area contributed by atoms with E-state index in [1.54, 1.807) is 12.0 Å². The third kappa shape index (κ3) is 5.91. The second kappa shape index (κ2) is 12.6. The Bertz CT molecular complexity index is 1960. The number of methoxy groups -OCH3 is 1. The predicted molar refractivity (Wildman–Crippen MR) is 182 cm³/mol. The van der Waals surface area contributed by atoms with Crippen molar-refractivity contribution in [3.05, 3.63) is 47.5 Å². The van der Waals surface area contributed by atoms with Crippen LogP contribution in [-0.2, 0) is 23.1 Å². The lowest BCUT2D eigenvalue weighted by Crippen LogP contribution is -2.41. The van der Waals surface area contributed by atoms with Crippen LogP contribution in [-0.4, -0.2) is 94.0 Å². The highest BCUT2D eigenvalue weighted by molar-refractivity contribution is 6.00. The Morgan fingerprint density at radius 3 is 2.46 bits per heavy atom. The van der Waals surface area contributed by atoms with Gasteiger partial charge in [0, 0.05) is 56.3 Å². The number of benzene rings is 2. The molecule has 2 aliphatic carbocycles. The molecule has 4 heterocycles. The van der Waals surface area contributed by atoms with Crippen molar-refractivity contribution in [1.29, 1.82) is 0 Å². The van der Waals surface area contributed by atoms with Crippen LogP contribution in [0.2, 0.25) is 0 Å². The Balaban J connectivity index is 1.11. The molecule has 10 nitrogen and oxygen atoms in total. The number of para-hydroxylation sites is 1. The smallest absolute Gasteiger partial charge is 0.411 e. The zero-order chi connectivity index (χ0) is 34.9. The van der Waals surface area contributed by atoms with E-state index in [4.69, 9.17) is 15.5 Å². The summed E-state index contributed by atoms with van der Waals surface area (Å²) in [6.07, 6.45) is 1.30. The normalized spacial score (nSPS) is 22.7. The molecule has 13 heteroatoms. The number of halogens is 3. The number of hydrogen-bond acceptors (Lipinski definition) is 6. The van der Waals surface area contributed by atoms with Gasteiger partial charge >= 0.3 is 6.18 Å². The minimum Gasteiger partial charge on any atom is -0.494 e. The van der Waals surface area contributed by atoms with Crippen LogP contribution in [0.3, 0.4) is 0 Å². The molecule has 2 bridgehead atoms. The average molecular weight is 693 g/mol. The molecule has 2 aliphatic heterocycles. The number of imidazole rings is 1. The second-order valence-electron chi connectivity index (χ2n) is 14.6. The summed E-state index contributed by atoms with van der Waals surface area (Å²) < 4.78 is 52.5. The zero-order valence-corrected chi connectivity index (χ0v) is 28.4. The molecule has 8 rings (SSSR count). The van der Waals surface area contributed by atoms with Gasteiger partial charge in [-0.3, -0.25) is 9.59 Å². The number of alkyl halides is 3. The number of aromatic nitrogens is 3. The molecule has 0 radical (unpaired) electrons. The summed E-state index contributed by atoms with van der Waals surface area (Å²) in [6, 6.07) is 12.4. The van der Waals surface area contributed by atoms with Gasteiger partial charge in [0.05, 0.1) is 23.8 Å². The number of rotatable bonds is 9. The summed E-state index contributed by atoms with van der Waals surface area (Å²) >= 11 is 0. The third-order valence-electron chi connectivity index (χ3n) is 11.4. The van der Waals surface area contributed by atoms with Crippen LogP contribution < -0.4 is 10.5 Å². The Labute approximate surface area is 288 Å². The highest BCUT2D eigenvalue weighted by Crippen LogP contribution is 2.42. The number of amides is 2. The standard InChI is InChI=1S/C37H43F3N6O4/c1-43-34-27(14-25(16-30(34)49-2)36(48)46-18-24-8-9-28(46)32(24)41)42-35(43)29-15-23-4-3-5-26(33(23)45(29)17-21-6-7-21)22-10-12-44(13-11-22)31(47)19-50-20-37(38,39)40/h3-5,14-16,21-22,24,28,32H,6-13,17-20,41H2,1-2H3/t24-,28-,32-/m1/s1. The van der Waals surface area contributed by atoms with E-state index < -0.39 is 25.3 Å². The monoisotopic (exact) mass is 692 g/mol. The van der Waals surface area contributed by atoms with E-state index in [1.165, 1.54) is 18.4 Å². The predicted octanol–water partition coefficient (Wildman–Crippen LogP) is 5.46. The number of nitrogens with zero attached hydrogens (tertiary/aromatic N) is 5. The molecule has 2 N–H and O–H groups in total. The highest BCUT2D eigenvalue weighted by atomic mass is 19.4. The molecule has 2 saturated heterocycles. The number of carbonyl (C=O) groups is 2. The quantitative estimate of drug-likeness (QED) is 0.250. The van der Waals surface area contributed by atoms with Crippen LogP contribution >= 0.6 is 0 Å². The average Bonchev–Trinajstić information content (AvgIpc) is 3.49. The van der Waals surface area contributed by atoms with Crippen molar-refractivity contribution in [2.45, 2.75) is 69.2 Å². The van der Waals surface area contributed by atoms with Crippen molar-refractivity contribution in [2.24, 2.45) is 24.6 Å². The fourth-order valence-electron chi connectivity index (χ4n) is 8.67. The van der Waals surface area contributed by atoms with Crippen molar-refractivity contribution in [3.63, 3.8) is 0 Å². The SMILES string of the molecule is COc1cc(C(=O)N2C[C@H]3CC[C@@H]2[C@@H]3N)cc2nc(-c3cc4cccc(C5CCN(C(=O)COCC(F)(F)F)CC5)c4n3CC3CC3)n(C)c12. The Morgan fingerprint density at radius 2 is 1.80 bits per heavy atom. The van der Waals surface area contributed by atoms with E-state index >= 15 is 0 Å². The molecule has 2 aromatic carbocycles. The van der Waals surface area contributed by atoms with Crippen molar-refractivity contribution in [1.82, 2.24) is 23.9 Å². The van der Waals surface area contributed by atoms with Crippen molar-refractivity contribution >= 4 is 33.8 Å². The Kier molecular flexibility index (Phi) is 8.33. The second-order valence-corrected chi connectivity index (χ2v) is 14.6. The number of carbonyl (C=O) groups excluding carboxylic acids is 2. The molecule has 266 valence electrons. The summed E-state index contributed by atoms with van der Waals surface area (Å²) in [5.41, 5.74) is 11.8. The molecule has 2 aromatic heterocycles. The summed E-state index contributed by atoms with van der Waals surface area (Å²) in [4.78, 5) is 35.1. The van der Waals surface area contributed by atoms with Gasteiger partial charge in [-0.05, 0) is 80.0 Å². The molecule has 2 saturated carbocycles. The van der Waals surface area contributed by atoms with Gasteiger partial charge in [-0.25, -0.2) is 4.98 Å². The number of likely N-dealkylation sites (tertiary alicyclic amines) is 2. The maximum atomic E-state index is 13.8. The molecule has 2 amide bonds. The minimum absolute atomic E-state index is 0.0329. The highest BCUT2D eigenvalue weighted by Gasteiger charge is 2.47. The van der Waals surface area contributed by atoms with Crippen LogP contribution in [0.5, 0.6) is 5.75 Å². The number of fused-ring (bicyclic) bond motifs is 4. The number of hydrogen-bond donors (Lipinski definition) is 1. The van der Waals surface area contributed by atoms with E-state index in [-0.39, 0.29) is 23.9 Å². The lowest BCUT2D eigenvalue weighted by Gasteiger charge is -2.32. The zero-order valence-electron chi connectivity index (χ0n) is 28.4. The summed E-state index contributed by atoms with van der Waals surface area (Å²) in [6.45, 7) is 0.464. The minimum atomic E-state index is -4.46. The van der Waals surface area contributed by atoms with Crippen LogP contribution in [0.15, 0.2) is 36.4 Å². The summed E-state index contributed by atoms with van der Waals surface area (Å²) in [7, 11) is 3.60. The van der Waals surface area contributed by atoms with E-state index in [1.807, 2.05) is 24.1 Å². The third-order valence-corrected chi connectivity index (χ3v) is 11.4. The van der Waals surface area contributed by atoms with Gasteiger partial charge in [0.15, 0.2) is 5.82 Å². The van der Waals surface area contributed by atoms with Crippen LogP contribution in [0, 0.1) is 11.8 Å². The van der Waals surface area contributed by atoms with Gasteiger partial charge in [-0.15, -0.1) is 0 Å². The molecule has 0 spiro atoms. The molecular formula is C37H43F3N6O4. The van der Waals surface area contributed by atoms with E-state index in [0.717, 1.165) is 47.3 Å². The van der Waals surface area contributed by atoms with E-state index in [0.29, 0.717) is 61.1 Å². The van der Waals surface area contributed by atoms with E-state index in [2.05, 4.69) is 38.1 Å². The fourth-order valence-corrected chi connectivity index (χ4v) is 8.67. The first-order chi connectivity index (χ1) is 24.0. The molecule has 4 aliphatic rings. The number of nitrogens with two attached hydrogens (primary N) is 1. The molecule has 0 unspecified atom stereocenters. The van der Waals surface area contributed by atoms with Crippen LogP contribution in [0.4, 0.5) is 13.2 Å². The van der Waals surface area contributed by atoms with E-state index in [9.17, 15) is 22.8 Å². The first-order valence-electron chi connectivity index (χ1n) is 17.7. The summed E-state index contributed by atoms with van der Waals surface area (Å²) in [5, 5.41) is 1.10. The lowest BCUT2D eigenvalue weighted by molar-refractivity contribution is -0.178. The summed E-state index contributed by atoms with van der Waals surface area (Å²) in [5.74, 6) is 2.05. The molecule has 3 atom stereocenters. The van der Waals surface area contributed by atoms with Crippen LogP contribution in [0.1, 0.15) is 60.4 Å². The Hall–Kier alpha value is -4.10. The van der Waals surface area contributed by atoms with Crippen molar-refractivity contribution < 1.29 is 32.2 Å². The molecule has 50 heavy (non-hydrogen) atoms. The maximum absolute atomic E-state index is 13.8. The molecule has 4 aromatic rings. The van der Waals surface area contributed by atoms with Crippen molar-refractivity contribution in [3.8, 4) is 17.3 Å². The van der Waals surface area contributed by atoms with Gasteiger partial charge in [0.2, 0.25) is 5.91 Å². The first kappa shape index (κ1) is 33.1. The first-order valence-corrected chi connectivity index (χ1v) is 17.7. The van der Waals surface area contributed by atoms with Gasteiger partial charge in [-0.2, -0.15) is 13.2 Å². The largest absolute Gasteiger partial charge is 0.494 e. The lowest BCUT2D eigenvalue weighted by atomic mass is 9.88. The van der Waals surface area contributed by atoms with Gasteiger partial charge in [0.1, 0.15) is 24.5 Å². The Morgan fingerprint density at radius 1 is 1.02 bits per heavy atom. The van der Waals surface area contributed by atoms with Crippen molar-refractivity contribution in [2.75, 3.05) is 40.0 Å². The fraction of sp³-hybridized carbons (Fsp3) is 0.541. The van der Waals surface area contributed by atoms with Crippen LogP contribution in [0.25, 0.3) is 33.5 Å². The molecule has 4 fully saturated rings. The number of ether oxygens (including phenoxy) is 2. The van der Waals surface area contributed by atoms with Gasteiger partial charge < -0.3 is 34.1 Å². The number of aryl methyl sites for hydroxylation is 1. The van der Waals surface area contributed by atoms with Gasteiger partial charge in [0.25, 0.3) is 5.91 Å². The number of piperidine rings is 2. The van der Waals surface area contributed by atoms with Gasteiger partial charge in [-0.1, -0.05) is 18.2 Å². The topological polar surface area (TPSA) is 108 Å². The molecular weight excluding hydrogens is 649 g/mol. The maximum Gasteiger partial charge on any atom is 0.411 e.